The van der Waals surface area contributed by atoms with Crippen molar-refractivity contribution in [1.82, 2.24) is 4.90 Å². The molecule has 0 amide bonds. The van der Waals surface area contributed by atoms with Gasteiger partial charge in [0.15, 0.2) is 0 Å². The fourth-order valence-corrected chi connectivity index (χ4v) is 1.94. The zero-order valence-corrected chi connectivity index (χ0v) is 8.11. The predicted molar refractivity (Wildman–Crippen MR) is 47.0 cm³/mol. The first-order valence-electron chi connectivity index (χ1n) is 4.75. The number of aliphatic imine (C=N–C) groups is 1. The molecule has 0 atom stereocenters. The topological polar surface area (TPSA) is 15.6 Å². The molecule has 70 valence electrons. The molecule has 0 radical (unpaired) electrons. The molecule has 0 bridgehead atoms. The van der Waals surface area contributed by atoms with Gasteiger partial charge in [-0.25, -0.2) is 0 Å². The molecular weight excluding hydrogens is 176 g/mol. The van der Waals surface area contributed by atoms with E-state index in [-0.39, 0.29) is 37.7 Å². The summed E-state index contributed by atoms with van der Waals surface area (Å²) >= 11 is 0. The standard InChI is InChI=1S/C9H16N2.Ar/c1-2-5-9-10-6-4-8-11(9)7-3-1;/h1-8H2;. The van der Waals surface area contributed by atoms with Gasteiger partial charge in [0.1, 0.15) is 0 Å². The molecule has 0 unspecified atom stereocenters. The first kappa shape index (κ1) is 10.8. The third-order valence-electron chi connectivity index (χ3n) is 2.57. The van der Waals surface area contributed by atoms with Crippen molar-refractivity contribution in [2.45, 2.75) is 32.1 Å². The van der Waals surface area contributed by atoms with Crippen molar-refractivity contribution in [1.29, 1.82) is 0 Å². The number of nitrogens with zero attached hydrogens (tertiary/aromatic N) is 2. The van der Waals surface area contributed by atoms with Gasteiger partial charge in [0.25, 0.3) is 0 Å². The number of hydrogen-bond donors (Lipinski definition) is 0. The van der Waals surface area contributed by atoms with Crippen LogP contribution >= 0.6 is 0 Å². The molecule has 0 aromatic carbocycles. The van der Waals surface area contributed by atoms with Gasteiger partial charge >= 0.3 is 0 Å². The molecule has 2 rings (SSSR count). The largest absolute Gasteiger partial charge is 0.360 e. The maximum absolute atomic E-state index is 4.55. The summed E-state index contributed by atoms with van der Waals surface area (Å²) in [7, 11) is 0. The van der Waals surface area contributed by atoms with Gasteiger partial charge in [0.05, 0.1) is 5.84 Å². The van der Waals surface area contributed by atoms with E-state index in [9.17, 15) is 0 Å². The summed E-state index contributed by atoms with van der Waals surface area (Å²) in [4.78, 5) is 7.04. The van der Waals surface area contributed by atoms with Crippen molar-refractivity contribution in [2.24, 2.45) is 4.99 Å². The summed E-state index contributed by atoms with van der Waals surface area (Å²) in [6, 6.07) is 0. The Balaban J connectivity index is 0.000000720. The first-order valence-corrected chi connectivity index (χ1v) is 4.75. The van der Waals surface area contributed by atoms with Crippen LogP contribution in [-0.2, 0) is 0 Å². The van der Waals surface area contributed by atoms with Crippen LogP contribution in [0.3, 0.4) is 0 Å². The Morgan fingerprint density at radius 3 is 2.75 bits per heavy atom. The summed E-state index contributed by atoms with van der Waals surface area (Å²) in [5.74, 6) is 1.40. The van der Waals surface area contributed by atoms with Crippen LogP contribution in [0.4, 0.5) is 0 Å². The van der Waals surface area contributed by atoms with Crippen molar-refractivity contribution < 1.29 is 37.7 Å². The van der Waals surface area contributed by atoms with Crippen molar-refractivity contribution >= 4 is 5.84 Å². The van der Waals surface area contributed by atoms with Crippen LogP contribution in [0.2, 0.25) is 0 Å². The molecule has 2 heterocycles. The molecule has 0 aromatic heterocycles. The van der Waals surface area contributed by atoms with E-state index in [1.54, 1.807) is 0 Å². The van der Waals surface area contributed by atoms with Gasteiger partial charge < -0.3 is 4.90 Å². The summed E-state index contributed by atoms with van der Waals surface area (Å²) in [5.41, 5.74) is 0. The van der Waals surface area contributed by atoms with Gasteiger partial charge in [-0.3, -0.25) is 4.99 Å². The summed E-state index contributed by atoms with van der Waals surface area (Å²) in [6.07, 6.45) is 6.63. The minimum Gasteiger partial charge on any atom is -0.360 e. The van der Waals surface area contributed by atoms with Gasteiger partial charge in [0.2, 0.25) is 0 Å². The van der Waals surface area contributed by atoms with Gasteiger partial charge in [-0.15, -0.1) is 0 Å². The van der Waals surface area contributed by atoms with Crippen molar-refractivity contribution in [3.05, 3.63) is 0 Å². The summed E-state index contributed by atoms with van der Waals surface area (Å²) in [6.45, 7) is 3.60. The zero-order valence-electron chi connectivity index (χ0n) is 7.40. The second-order valence-corrected chi connectivity index (χ2v) is 3.45. The number of rotatable bonds is 0. The van der Waals surface area contributed by atoms with Crippen LogP contribution in [0.15, 0.2) is 4.99 Å². The maximum Gasteiger partial charge on any atom is 0.0988 e. The molecule has 0 aliphatic carbocycles. The van der Waals surface area contributed by atoms with Crippen molar-refractivity contribution in [2.75, 3.05) is 19.6 Å². The predicted octanol–water partition coefficient (Wildman–Crippen LogP) is 1.66. The Labute approximate surface area is 104 Å². The second-order valence-electron chi connectivity index (χ2n) is 3.45. The van der Waals surface area contributed by atoms with E-state index >= 15 is 0 Å². The molecule has 2 nitrogen and oxygen atoms in total. The fraction of sp³-hybridized carbons (Fsp3) is 0.889. The van der Waals surface area contributed by atoms with Gasteiger partial charge in [-0.05, 0) is 19.3 Å². The second kappa shape index (κ2) is 5.46. The molecule has 12 heavy (non-hydrogen) atoms. The Kier molecular flexibility index (Phi) is 4.92. The Morgan fingerprint density at radius 2 is 1.83 bits per heavy atom. The Morgan fingerprint density at radius 1 is 1.00 bits per heavy atom. The molecule has 0 N–H and O–H groups in total. The van der Waals surface area contributed by atoms with Gasteiger partial charge in [-0.1, -0.05) is 6.42 Å². The van der Waals surface area contributed by atoms with E-state index in [0.717, 1.165) is 6.54 Å². The molecule has 2 aliphatic heterocycles. The zero-order chi connectivity index (χ0) is 7.52. The molecular formula is C9H16ArN2. The quantitative estimate of drug-likeness (QED) is 0.570. The van der Waals surface area contributed by atoms with Gasteiger partial charge in [-0.2, -0.15) is 0 Å². The molecule has 0 spiro atoms. The normalized spacial score (nSPS) is 23.3. The molecule has 0 saturated carbocycles. The molecule has 1 fully saturated rings. The summed E-state index contributed by atoms with van der Waals surface area (Å²) < 4.78 is 0. The number of fused-ring (bicyclic) bond motifs is 1. The molecule has 3 heteroatoms. The van der Waals surface area contributed by atoms with Crippen LogP contribution in [0, 0.1) is 37.7 Å². The average Bonchev–Trinajstić information content (AvgIpc) is 2.28. The first-order chi connectivity index (χ1) is 5.47. The number of hydrogen-bond acceptors (Lipinski definition) is 2. The maximum atomic E-state index is 4.55. The van der Waals surface area contributed by atoms with Crippen LogP contribution in [0.1, 0.15) is 32.1 Å². The van der Waals surface area contributed by atoms with Crippen molar-refractivity contribution in [3.63, 3.8) is 0 Å². The Hall–Kier alpha value is 0.730. The van der Waals surface area contributed by atoms with Crippen molar-refractivity contribution in [3.8, 4) is 0 Å². The monoisotopic (exact) mass is 192 g/mol. The third-order valence-corrected chi connectivity index (χ3v) is 2.57. The van der Waals surface area contributed by atoms with E-state index in [1.165, 1.54) is 51.0 Å². The van der Waals surface area contributed by atoms with Crippen LogP contribution in [-0.4, -0.2) is 30.4 Å². The van der Waals surface area contributed by atoms with Gasteiger partial charge in [0, 0.05) is 63.8 Å². The minimum atomic E-state index is 0. The Bertz CT molecular complexity index is 168. The van der Waals surface area contributed by atoms with Crippen LogP contribution in [0.25, 0.3) is 0 Å². The third kappa shape index (κ3) is 2.61. The smallest absolute Gasteiger partial charge is 0.0988 e. The van der Waals surface area contributed by atoms with Crippen LogP contribution < -0.4 is 0 Å². The summed E-state index contributed by atoms with van der Waals surface area (Å²) in [5, 5.41) is 0. The SMILES string of the molecule is C1CCC2=NCCCN2CC1.[Ar]. The van der Waals surface area contributed by atoms with E-state index in [2.05, 4.69) is 9.89 Å². The molecule has 2 aliphatic rings. The average molecular weight is 192 g/mol. The van der Waals surface area contributed by atoms with Crippen LogP contribution in [0.5, 0.6) is 0 Å². The minimum absolute atomic E-state index is 0. The van der Waals surface area contributed by atoms with E-state index < -0.39 is 0 Å². The van der Waals surface area contributed by atoms with E-state index in [4.69, 9.17) is 0 Å². The van der Waals surface area contributed by atoms with E-state index in [0.29, 0.717) is 0 Å². The molecule has 1 saturated heterocycles. The van der Waals surface area contributed by atoms with E-state index in [1.807, 2.05) is 0 Å². The fourth-order valence-electron chi connectivity index (χ4n) is 1.94. The molecule has 0 aromatic rings. The number of amidine groups is 1.